The molecule has 0 aromatic heterocycles. The van der Waals surface area contributed by atoms with E-state index >= 15 is 0 Å². The van der Waals surface area contributed by atoms with E-state index in [1.54, 1.807) is 0 Å². The number of nitrogens with two attached hydrogens (primary N) is 1. The second-order valence-corrected chi connectivity index (χ2v) is 7.68. The highest BCUT2D eigenvalue weighted by molar-refractivity contribution is 7.92. The van der Waals surface area contributed by atoms with Crippen molar-refractivity contribution in [3.63, 3.8) is 0 Å². The van der Waals surface area contributed by atoms with Crippen LogP contribution in [0.1, 0.15) is 37.6 Å². The zero-order valence-corrected chi connectivity index (χ0v) is 12.6. The third kappa shape index (κ3) is 5.08. The molecule has 0 aliphatic rings. The van der Waals surface area contributed by atoms with Gasteiger partial charge in [0, 0.05) is 0 Å². The highest BCUT2D eigenvalue weighted by atomic mass is 32.2. The van der Waals surface area contributed by atoms with Crippen LogP contribution in [0.4, 0.5) is 11.4 Å². The summed E-state index contributed by atoms with van der Waals surface area (Å²) in [6.07, 6.45) is 0.509. The van der Waals surface area contributed by atoms with Crippen molar-refractivity contribution in [2.45, 2.75) is 27.2 Å². The van der Waals surface area contributed by atoms with Crippen molar-refractivity contribution in [2.75, 3.05) is 16.2 Å². The van der Waals surface area contributed by atoms with Crippen molar-refractivity contribution in [1.82, 2.24) is 0 Å². The van der Waals surface area contributed by atoms with Gasteiger partial charge in [0.1, 0.15) is 0 Å². The molecule has 1 rings (SSSR count). The Kier molecular flexibility index (Phi) is 4.65. The highest BCUT2D eigenvalue weighted by Crippen LogP contribution is 2.23. The molecule has 0 saturated heterocycles. The SMILES string of the molecule is CC(C)(C)CCS(=O)(=O)Nc1ccc(C(=O)O)cc1N. The maximum Gasteiger partial charge on any atom is 0.335 e. The Morgan fingerprint density at radius 3 is 2.40 bits per heavy atom. The molecular weight excluding hydrogens is 280 g/mol. The van der Waals surface area contributed by atoms with Gasteiger partial charge in [-0.1, -0.05) is 20.8 Å². The first-order valence-corrected chi connectivity index (χ1v) is 7.79. The fraction of sp³-hybridized carbons (Fsp3) is 0.462. The second-order valence-electron chi connectivity index (χ2n) is 5.84. The van der Waals surface area contributed by atoms with Gasteiger partial charge in [-0.25, -0.2) is 13.2 Å². The minimum Gasteiger partial charge on any atom is -0.478 e. The van der Waals surface area contributed by atoms with Crippen molar-refractivity contribution >= 4 is 27.4 Å². The third-order valence-corrected chi connectivity index (χ3v) is 3.96. The molecule has 20 heavy (non-hydrogen) atoms. The van der Waals surface area contributed by atoms with Gasteiger partial charge in [0.2, 0.25) is 10.0 Å². The van der Waals surface area contributed by atoms with Crippen molar-refractivity contribution in [3.8, 4) is 0 Å². The number of anilines is 2. The third-order valence-electron chi connectivity index (χ3n) is 2.68. The summed E-state index contributed by atoms with van der Waals surface area (Å²) in [5, 5.41) is 8.81. The number of sulfonamides is 1. The van der Waals surface area contributed by atoms with Crippen LogP contribution in [0.15, 0.2) is 18.2 Å². The summed E-state index contributed by atoms with van der Waals surface area (Å²) in [5.41, 5.74) is 5.87. The predicted molar refractivity (Wildman–Crippen MR) is 79.3 cm³/mol. The van der Waals surface area contributed by atoms with Crippen LogP contribution in [0.2, 0.25) is 0 Å². The number of benzene rings is 1. The van der Waals surface area contributed by atoms with Crippen LogP contribution >= 0.6 is 0 Å². The number of nitrogens with one attached hydrogen (secondary N) is 1. The molecule has 0 spiro atoms. The lowest BCUT2D eigenvalue weighted by atomic mass is 9.94. The van der Waals surface area contributed by atoms with Crippen LogP contribution in [-0.4, -0.2) is 25.2 Å². The summed E-state index contributed by atoms with van der Waals surface area (Å²) in [4.78, 5) is 10.8. The van der Waals surface area contributed by atoms with Gasteiger partial charge in [-0.15, -0.1) is 0 Å². The number of carbonyl (C=O) groups is 1. The summed E-state index contributed by atoms with van der Waals surface area (Å²) < 4.78 is 26.2. The van der Waals surface area contributed by atoms with E-state index in [0.29, 0.717) is 6.42 Å². The number of carboxylic acid groups (broad SMARTS) is 1. The van der Waals surface area contributed by atoms with Crippen LogP contribution in [0.25, 0.3) is 0 Å². The molecule has 0 unspecified atom stereocenters. The molecule has 1 aromatic rings. The van der Waals surface area contributed by atoms with Crippen molar-refractivity contribution < 1.29 is 18.3 Å². The maximum atomic E-state index is 11.9. The molecule has 0 bridgehead atoms. The summed E-state index contributed by atoms with van der Waals surface area (Å²) in [6.45, 7) is 5.87. The molecule has 1 aromatic carbocycles. The number of rotatable bonds is 5. The topological polar surface area (TPSA) is 109 Å². The Morgan fingerprint density at radius 1 is 1.35 bits per heavy atom. The summed E-state index contributed by atoms with van der Waals surface area (Å²) in [5.74, 6) is -1.13. The van der Waals surface area contributed by atoms with Gasteiger partial charge in [0.15, 0.2) is 0 Å². The number of hydrogen-bond acceptors (Lipinski definition) is 4. The zero-order chi connectivity index (χ0) is 15.6. The van der Waals surface area contributed by atoms with Crippen LogP contribution < -0.4 is 10.5 Å². The molecule has 4 N–H and O–H groups in total. The van der Waals surface area contributed by atoms with Crippen LogP contribution in [0.3, 0.4) is 0 Å². The van der Waals surface area contributed by atoms with E-state index in [4.69, 9.17) is 10.8 Å². The lowest BCUT2D eigenvalue weighted by Gasteiger charge is -2.18. The Morgan fingerprint density at radius 2 is 1.95 bits per heavy atom. The quantitative estimate of drug-likeness (QED) is 0.722. The van der Waals surface area contributed by atoms with Gasteiger partial charge in [0.25, 0.3) is 0 Å². The van der Waals surface area contributed by atoms with E-state index in [2.05, 4.69) is 4.72 Å². The number of nitrogen functional groups attached to an aromatic ring is 1. The van der Waals surface area contributed by atoms with Gasteiger partial charge in [0.05, 0.1) is 22.7 Å². The number of hydrogen-bond donors (Lipinski definition) is 3. The van der Waals surface area contributed by atoms with E-state index in [1.165, 1.54) is 18.2 Å². The van der Waals surface area contributed by atoms with E-state index in [1.807, 2.05) is 20.8 Å². The monoisotopic (exact) mass is 300 g/mol. The minimum absolute atomic E-state index is 0.0140. The Bertz CT molecular complexity index is 603. The average Bonchev–Trinajstić information content (AvgIpc) is 2.28. The molecular formula is C13H20N2O4S. The second kappa shape index (κ2) is 5.70. The lowest BCUT2D eigenvalue weighted by Crippen LogP contribution is -2.21. The molecule has 7 heteroatoms. The van der Waals surface area contributed by atoms with Crippen molar-refractivity contribution in [3.05, 3.63) is 23.8 Å². The lowest BCUT2D eigenvalue weighted by molar-refractivity contribution is 0.0697. The normalized spacial score (nSPS) is 12.2. The van der Waals surface area contributed by atoms with Gasteiger partial charge >= 0.3 is 5.97 Å². The smallest absolute Gasteiger partial charge is 0.335 e. The first-order chi connectivity index (χ1) is 9.00. The van der Waals surface area contributed by atoms with E-state index < -0.39 is 16.0 Å². The predicted octanol–water partition coefficient (Wildman–Crippen LogP) is 2.14. The molecule has 112 valence electrons. The van der Waals surface area contributed by atoms with Crippen LogP contribution in [0, 0.1) is 5.41 Å². The van der Waals surface area contributed by atoms with Crippen molar-refractivity contribution in [1.29, 1.82) is 0 Å². The van der Waals surface area contributed by atoms with Gasteiger partial charge < -0.3 is 10.8 Å². The van der Waals surface area contributed by atoms with E-state index in [0.717, 1.165) is 0 Å². The highest BCUT2D eigenvalue weighted by Gasteiger charge is 2.18. The van der Waals surface area contributed by atoms with Gasteiger partial charge in [-0.3, -0.25) is 4.72 Å². The molecule has 0 radical (unpaired) electrons. The number of carboxylic acids is 1. The van der Waals surface area contributed by atoms with Crippen molar-refractivity contribution in [2.24, 2.45) is 5.41 Å². The van der Waals surface area contributed by atoms with Crippen LogP contribution in [-0.2, 0) is 10.0 Å². The zero-order valence-electron chi connectivity index (χ0n) is 11.8. The van der Waals surface area contributed by atoms with E-state index in [9.17, 15) is 13.2 Å². The standard InChI is InChI=1S/C13H20N2O4S/c1-13(2,3)6-7-20(18,19)15-11-5-4-9(12(16)17)8-10(11)14/h4-5,8,15H,6-7,14H2,1-3H3,(H,16,17). The Hall–Kier alpha value is -1.76. The Balaban J connectivity index is 2.85. The average molecular weight is 300 g/mol. The molecule has 0 aliphatic carbocycles. The molecule has 0 aliphatic heterocycles. The molecule has 6 nitrogen and oxygen atoms in total. The summed E-state index contributed by atoms with van der Waals surface area (Å²) in [6, 6.07) is 3.89. The summed E-state index contributed by atoms with van der Waals surface area (Å²) >= 11 is 0. The van der Waals surface area contributed by atoms with Gasteiger partial charge in [-0.2, -0.15) is 0 Å². The molecule has 0 atom stereocenters. The molecule has 0 fully saturated rings. The fourth-order valence-electron chi connectivity index (χ4n) is 1.45. The number of aromatic carboxylic acids is 1. The van der Waals surface area contributed by atoms with Gasteiger partial charge in [-0.05, 0) is 30.0 Å². The first-order valence-electron chi connectivity index (χ1n) is 6.13. The maximum absolute atomic E-state index is 11.9. The Labute approximate surface area is 119 Å². The molecule has 0 saturated carbocycles. The molecule has 0 heterocycles. The largest absolute Gasteiger partial charge is 0.478 e. The first kappa shape index (κ1) is 16.3. The van der Waals surface area contributed by atoms with Crippen LogP contribution in [0.5, 0.6) is 0 Å². The minimum atomic E-state index is -3.50. The molecule has 0 amide bonds. The van der Waals surface area contributed by atoms with E-state index in [-0.39, 0.29) is 28.1 Å². The summed E-state index contributed by atoms with van der Waals surface area (Å²) in [7, 11) is -3.50. The fourth-order valence-corrected chi connectivity index (χ4v) is 2.95.